The van der Waals surface area contributed by atoms with Crippen LogP contribution in [0.25, 0.3) is 0 Å². The van der Waals surface area contributed by atoms with E-state index in [0.29, 0.717) is 26.3 Å². The Hall–Kier alpha value is -3.56. The van der Waals surface area contributed by atoms with Crippen molar-refractivity contribution in [3.63, 3.8) is 0 Å². The van der Waals surface area contributed by atoms with E-state index >= 15 is 0 Å². The number of hydrogen-bond acceptors (Lipinski definition) is 4. The SMILES string of the molecule is Cc1cccc(N(CC(=O)N(Cc2c(Cl)cccc2Cl)[C@H](Cc2ccccc2)C(=O)NC2CCCC2)S(=O)(=O)c2ccc(Cl)cc2)c1. The number of carbonyl (C=O) groups excluding carboxylic acids is 2. The van der Waals surface area contributed by atoms with Crippen LogP contribution in [0.2, 0.25) is 15.1 Å². The lowest BCUT2D eigenvalue weighted by atomic mass is 10.0. The number of amides is 2. The first-order valence-corrected chi connectivity index (χ1v) is 18.0. The van der Waals surface area contributed by atoms with E-state index in [0.717, 1.165) is 41.1 Å². The van der Waals surface area contributed by atoms with Gasteiger partial charge in [-0.25, -0.2) is 8.42 Å². The van der Waals surface area contributed by atoms with Gasteiger partial charge in [-0.3, -0.25) is 13.9 Å². The number of nitrogens with one attached hydrogen (secondary N) is 1. The van der Waals surface area contributed by atoms with Gasteiger partial charge in [0.05, 0.1) is 10.6 Å². The van der Waals surface area contributed by atoms with Crippen LogP contribution in [0.5, 0.6) is 0 Å². The van der Waals surface area contributed by atoms with Gasteiger partial charge in [0.2, 0.25) is 11.8 Å². The van der Waals surface area contributed by atoms with Crippen LogP contribution in [0, 0.1) is 6.92 Å². The zero-order chi connectivity index (χ0) is 33.6. The standard InChI is InChI=1S/C36H36Cl3N3O4S/c1-25-9-7-14-29(21-25)42(47(45,46)30-19-17-27(37)18-20-30)24-35(43)41(23-31-32(38)15-8-16-33(31)39)34(22-26-10-3-2-4-11-26)36(44)40-28-12-5-6-13-28/h2-4,7-11,14-21,28,34H,5-6,12-13,22-24H2,1H3,(H,40,44)/t34-/m1/s1. The van der Waals surface area contributed by atoms with E-state index in [1.54, 1.807) is 36.4 Å². The highest BCUT2D eigenvalue weighted by atomic mass is 35.5. The molecule has 4 aromatic rings. The summed E-state index contributed by atoms with van der Waals surface area (Å²) in [5, 5.41) is 4.19. The van der Waals surface area contributed by atoms with Crippen molar-refractivity contribution < 1.29 is 18.0 Å². The number of carbonyl (C=O) groups is 2. The van der Waals surface area contributed by atoms with Crippen LogP contribution in [0.4, 0.5) is 5.69 Å². The Morgan fingerprint density at radius 2 is 1.49 bits per heavy atom. The molecular formula is C36H36Cl3N3O4S. The van der Waals surface area contributed by atoms with Crippen molar-refractivity contribution in [2.45, 2.75) is 62.6 Å². The number of hydrogen-bond donors (Lipinski definition) is 1. The molecule has 1 N–H and O–H groups in total. The molecule has 0 unspecified atom stereocenters. The molecule has 4 aromatic carbocycles. The predicted octanol–water partition coefficient (Wildman–Crippen LogP) is 7.85. The van der Waals surface area contributed by atoms with E-state index in [9.17, 15) is 18.0 Å². The average Bonchev–Trinajstić information content (AvgIpc) is 3.56. The van der Waals surface area contributed by atoms with Gasteiger partial charge in [0, 0.05) is 39.6 Å². The molecule has 1 aliphatic rings. The lowest BCUT2D eigenvalue weighted by Crippen LogP contribution is -2.54. The third-order valence-corrected chi connectivity index (χ3v) is 11.1. The van der Waals surface area contributed by atoms with Gasteiger partial charge >= 0.3 is 0 Å². The second-order valence-corrected chi connectivity index (χ2v) is 14.8. The highest BCUT2D eigenvalue weighted by Gasteiger charge is 2.36. The summed E-state index contributed by atoms with van der Waals surface area (Å²) in [6.07, 6.45) is 3.94. The van der Waals surface area contributed by atoms with E-state index in [4.69, 9.17) is 34.8 Å². The molecule has 0 aliphatic heterocycles. The minimum atomic E-state index is -4.25. The van der Waals surface area contributed by atoms with E-state index in [2.05, 4.69) is 5.32 Å². The minimum absolute atomic E-state index is 0.00398. The van der Waals surface area contributed by atoms with E-state index in [-0.39, 0.29) is 29.8 Å². The number of benzene rings is 4. The van der Waals surface area contributed by atoms with Crippen molar-refractivity contribution in [2.75, 3.05) is 10.8 Å². The molecule has 0 radical (unpaired) electrons. The van der Waals surface area contributed by atoms with Crippen LogP contribution < -0.4 is 9.62 Å². The minimum Gasteiger partial charge on any atom is -0.352 e. The van der Waals surface area contributed by atoms with Crippen molar-refractivity contribution in [1.82, 2.24) is 10.2 Å². The fourth-order valence-electron chi connectivity index (χ4n) is 5.82. The monoisotopic (exact) mass is 711 g/mol. The molecule has 11 heteroatoms. The van der Waals surface area contributed by atoms with E-state index in [1.807, 2.05) is 43.3 Å². The summed E-state index contributed by atoms with van der Waals surface area (Å²) in [5.74, 6) is -0.914. The quantitative estimate of drug-likeness (QED) is 0.162. The zero-order valence-electron chi connectivity index (χ0n) is 25.9. The van der Waals surface area contributed by atoms with Crippen LogP contribution >= 0.6 is 34.8 Å². The molecule has 1 saturated carbocycles. The Morgan fingerprint density at radius 3 is 2.13 bits per heavy atom. The number of aryl methyl sites for hydroxylation is 1. The first-order valence-electron chi connectivity index (χ1n) is 15.4. The molecule has 2 amide bonds. The van der Waals surface area contributed by atoms with Gasteiger partial charge in [-0.1, -0.05) is 96.2 Å². The molecule has 0 saturated heterocycles. The van der Waals surface area contributed by atoms with Gasteiger partial charge in [0.25, 0.3) is 10.0 Å². The van der Waals surface area contributed by atoms with Crippen molar-refractivity contribution in [1.29, 1.82) is 0 Å². The summed E-state index contributed by atoms with van der Waals surface area (Å²) < 4.78 is 29.5. The highest BCUT2D eigenvalue weighted by molar-refractivity contribution is 7.92. The van der Waals surface area contributed by atoms with Crippen LogP contribution in [0.3, 0.4) is 0 Å². The molecule has 1 aliphatic carbocycles. The fourth-order valence-corrected chi connectivity index (χ4v) is 7.87. The van der Waals surface area contributed by atoms with Gasteiger partial charge in [0.1, 0.15) is 12.6 Å². The first kappa shape index (κ1) is 34.8. The number of sulfonamides is 1. The first-order chi connectivity index (χ1) is 22.5. The maximum absolute atomic E-state index is 14.7. The van der Waals surface area contributed by atoms with Gasteiger partial charge in [0.15, 0.2) is 0 Å². The smallest absolute Gasteiger partial charge is 0.264 e. The summed E-state index contributed by atoms with van der Waals surface area (Å²) in [7, 11) is -4.25. The van der Waals surface area contributed by atoms with Gasteiger partial charge in [-0.05, 0) is 79.4 Å². The van der Waals surface area contributed by atoms with Crippen LogP contribution in [-0.4, -0.2) is 43.8 Å². The Labute approximate surface area is 291 Å². The molecular weight excluding hydrogens is 677 g/mol. The summed E-state index contributed by atoms with van der Waals surface area (Å²) in [5.41, 5.74) is 2.41. The third-order valence-electron chi connectivity index (χ3n) is 8.33. The topological polar surface area (TPSA) is 86.8 Å². The molecule has 47 heavy (non-hydrogen) atoms. The lowest BCUT2D eigenvalue weighted by Gasteiger charge is -2.34. The molecule has 0 bridgehead atoms. The highest BCUT2D eigenvalue weighted by Crippen LogP contribution is 2.30. The van der Waals surface area contributed by atoms with Crippen molar-refractivity contribution in [3.8, 4) is 0 Å². The molecule has 5 rings (SSSR count). The van der Waals surface area contributed by atoms with Gasteiger partial charge < -0.3 is 10.2 Å². The molecule has 0 heterocycles. The molecule has 0 spiro atoms. The van der Waals surface area contributed by atoms with Gasteiger partial charge in [-0.15, -0.1) is 0 Å². The Kier molecular flexibility index (Phi) is 11.5. The van der Waals surface area contributed by atoms with E-state index in [1.165, 1.54) is 29.2 Å². The largest absolute Gasteiger partial charge is 0.352 e. The average molecular weight is 713 g/mol. The Balaban J connectivity index is 1.59. The van der Waals surface area contributed by atoms with Crippen molar-refractivity contribution >= 4 is 62.3 Å². The summed E-state index contributed by atoms with van der Waals surface area (Å²) in [6.45, 7) is 1.14. The second kappa shape index (κ2) is 15.6. The number of halogens is 3. The summed E-state index contributed by atoms with van der Waals surface area (Å²) in [4.78, 5) is 30.2. The Bertz CT molecular complexity index is 1790. The zero-order valence-corrected chi connectivity index (χ0v) is 29.0. The Morgan fingerprint density at radius 1 is 0.851 bits per heavy atom. The van der Waals surface area contributed by atoms with Crippen LogP contribution in [0.1, 0.15) is 42.4 Å². The number of anilines is 1. The molecule has 1 atom stereocenters. The molecule has 7 nitrogen and oxygen atoms in total. The third kappa shape index (κ3) is 8.68. The van der Waals surface area contributed by atoms with E-state index < -0.39 is 28.5 Å². The van der Waals surface area contributed by atoms with Crippen molar-refractivity contribution in [3.05, 3.63) is 129 Å². The number of rotatable bonds is 12. The van der Waals surface area contributed by atoms with Crippen molar-refractivity contribution in [2.24, 2.45) is 0 Å². The van der Waals surface area contributed by atoms with Crippen LogP contribution in [0.15, 0.2) is 102 Å². The molecule has 1 fully saturated rings. The normalized spacial score (nSPS) is 14.0. The second-order valence-electron chi connectivity index (χ2n) is 11.7. The maximum atomic E-state index is 14.7. The van der Waals surface area contributed by atoms with Crippen LogP contribution in [-0.2, 0) is 32.6 Å². The summed E-state index contributed by atoms with van der Waals surface area (Å²) in [6, 6.07) is 26.1. The molecule has 246 valence electrons. The molecule has 0 aromatic heterocycles. The lowest BCUT2D eigenvalue weighted by molar-refractivity contribution is -0.140. The van der Waals surface area contributed by atoms with Gasteiger partial charge in [-0.2, -0.15) is 0 Å². The maximum Gasteiger partial charge on any atom is 0.264 e. The fraction of sp³-hybridized carbons (Fsp3) is 0.278. The summed E-state index contributed by atoms with van der Waals surface area (Å²) >= 11 is 19.3. The number of nitrogens with zero attached hydrogens (tertiary/aromatic N) is 2. The predicted molar refractivity (Wildman–Crippen MR) is 189 cm³/mol.